The molecule has 0 unspecified atom stereocenters. The van der Waals surface area contributed by atoms with E-state index in [2.05, 4.69) is 5.10 Å². The van der Waals surface area contributed by atoms with E-state index in [0.717, 1.165) is 0 Å². The highest BCUT2D eigenvalue weighted by molar-refractivity contribution is 6.44. The Hall–Kier alpha value is -1.66. The summed E-state index contributed by atoms with van der Waals surface area (Å²) < 4.78 is 0. The summed E-state index contributed by atoms with van der Waals surface area (Å²) in [5.74, 6) is 11.8. The van der Waals surface area contributed by atoms with Gasteiger partial charge in [-0.05, 0) is 29.8 Å². The Bertz CT molecular complexity index is 721. The van der Waals surface area contributed by atoms with Crippen LogP contribution in [0.2, 0.25) is 15.1 Å². The quantitative estimate of drug-likeness (QED) is 0.339. The van der Waals surface area contributed by atoms with Crippen LogP contribution in [0.1, 0.15) is 11.1 Å². The summed E-state index contributed by atoms with van der Waals surface area (Å²) in [5, 5.41) is 15.4. The smallest absolute Gasteiger partial charge is 0.171 e. The highest BCUT2D eigenvalue weighted by atomic mass is 35.5. The van der Waals surface area contributed by atoms with Gasteiger partial charge >= 0.3 is 0 Å². The third kappa shape index (κ3) is 3.56. The Morgan fingerprint density at radius 3 is 2.50 bits per heavy atom. The lowest BCUT2D eigenvalue weighted by Crippen LogP contribution is -2.38. The number of benzene rings is 2. The minimum absolute atomic E-state index is 0.0722. The molecule has 5 nitrogen and oxygen atoms in total. The normalized spacial score (nSPS) is 11.5. The third-order valence-electron chi connectivity index (χ3n) is 2.96. The van der Waals surface area contributed by atoms with Crippen molar-refractivity contribution in [3.63, 3.8) is 0 Å². The Kier molecular flexibility index (Phi) is 5.37. The highest BCUT2D eigenvalue weighted by Crippen LogP contribution is 2.27. The Morgan fingerprint density at radius 1 is 1.14 bits per heavy atom. The number of hydrogen-bond acceptors (Lipinski definition) is 4. The first-order valence-corrected chi connectivity index (χ1v) is 7.29. The molecular weight excluding hydrogens is 347 g/mol. The van der Waals surface area contributed by atoms with E-state index in [0.29, 0.717) is 26.2 Å². The van der Waals surface area contributed by atoms with Crippen LogP contribution >= 0.6 is 34.8 Å². The van der Waals surface area contributed by atoms with Crippen molar-refractivity contribution in [1.29, 1.82) is 0 Å². The molecule has 0 aliphatic carbocycles. The molecule has 0 amide bonds. The highest BCUT2D eigenvalue weighted by Gasteiger charge is 2.17. The van der Waals surface area contributed by atoms with Gasteiger partial charge in [0.2, 0.25) is 0 Å². The Balaban J connectivity index is 2.30. The second-order valence-corrected chi connectivity index (χ2v) is 5.65. The number of rotatable bonds is 3. The number of hydrazone groups is 1. The van der Waals surface area contributed by atoms with Gasteiger partial charge < -0.3 is 10.9 Å². The van der Waals surface area contributed by atoms with Crippen LogP contribution in [-0.4, -0.2) is 16.0 Å². The van der Waals surface area contributed by atoms with Crippen molar-refractivity contribution in [2.45, 2.75) is 6.54 Å². The molecule has 2 aromatic carbocycles. The number of halogens is 3. The molecule has 0 aliphatic heterocycles. The van der Waals surface area contributed by atoms with Crippen molar-refractivity contribution in [2.24, 2.45) is 16.8 Å². The third-order valence-corrected chi connectivity index (χ3v) is 4.13. The van der Waals surface area contributed by atoms with Gasteiger partial charge in [0.25, 0.3) is 0 Å². The fraction of sp³-hybridized carbons (Fsp3) is 0.0714. The molecule has 2 aromatic rings. The van der Waals surface area contributed by atoms with Crippen LogP contribution in [0.4, 0.5) is 0 Å². The summed E-state index contributed by atoms with van der Waals surface area (Å²) in [6.07, 6.45) is 0. The first-order valence-electron chi connectivity index (χ1n) is 6.16. The molecule has 0 saturated carbocycles. The molecule has 0 saturated heterocycles. The predicted octanol–water partition coefficient (Wildman–Crippen LogP) is 3.35. The maximum Gasteiger partial charge on any atom is 0.171 e. The number of aromatic hydroxyl groups is 1. The second kappa shape index (κ2) is 7.07. The van der Waals surface area contributed by atoms with Crippen LogP contribution in [-0.2, 0) is 6.54 Å². The number of amidine groups is 1. The van der Waals surface area contributed by atoms with Crippen molar-refractivity contribution >= 4 is 40.6 Å². The molecule has 0 heterocycles. The molecule has 0 aliphatic rings. The monoisotopic (exact) mass is 358 g/mol. The lowest BCUT2D eigenvalue weighted by molar-refractivity contribution is 0.432. The van der Waals surface area contributed by atoms with E-state index in [1.807, 2.05) is 0 Å². The number of nitrogens with two attached hydrogens (primary N) is 2. The van der Waals surface area contributed by atoms with Crippen molar-refractivity contribution in [2.75, 3.05) is 0 Å². The maximum absolute atomic E-state index is 9.37. The number of phenolic OH excluding ortho intramolecular Hbond substituents is 1. The van der Waals surface area contributed by atoms with Crippen LogP contribution in [0.25, 0.3) is 0 Å². The van der Waals surface area contributed by atoms with Crippen molar-refractivity contribution < 1.29 is 5.11 Å². The molecule has 116 valence electrons. The minimum Gasteiger partial charge on any atom is -0.508 e. The van der Waals surface area contributed by atoms with Gasteiger partial charge in [0, 0.05) is 10.6 Å². The molecule has 22 heavy (non-hydrogen) atoms. The van der Waals surface area contributed by atoms with Gasteiger partial charge in [-0.25, -0.2) is 5.84 Å². The summed E-state index contributed by atoms with van der Waals surface area (Å²) in [6, 6.07) is 9.68. The number of nitrogens with zero attached hydrogens (tertiary/aromatic N) is 2. The summed E-state index contributed by atoms with van der Waals surface area (Å²) >= 11 is 18.2. The summed E-state index contributed by atoms with van der Waals surface area (Å²) in [5.41, 5.74) is 1.20. The molecule has 0 atom stereocenters. The van der Waals surface area contributed by atoms with E-state index in [9.17, 15) is 5.11 Å². The summed E-state index contributed by atoms with van der Waals surface area (Å²) in [6.45, 7) is 0.220. The van der Waals surface area contributed by atoms with Gasteiger partial charge in [-0.2, -0.15) is 5.10 Å². The van der Waals surface area contributed by atoms with Crippen LogP contribution < -0.4 is 11.7 Å². The van der Waals surface area contributed by atoms with E-state index in [4.69, 9.17) is 46.5 Å². The predicted molar refractivity (Wildman–Crippen MR) is 90.0 cm³/mol. The van der Waals surface area contributed by atoms with Gasteiger partial charge in [-0.15, -0.1) is 0 Å². The topological polar surface area (TPSA) is 87.9 Å². The molecule has 0 radical (unpaired) electrons. The minimum atomic E-state index is 0.0722. The van der Waals surface area contributed by atoms with E-state index >= 15 is 0 Å². The second-order valence-electron chi connectivity index (χ2n) is 4.46. The van der Waals surface area contributed by atoms with Gasteiger partial charge in [-0.1, -0.05) is 46.9 Å². The zero-order chi connectivity index (χ0) is 16.3. The van der Waals surface area contributed by atoms with Gasteiger partial charge in [-0.3, -0.25) is 5.01 Å². The van der Waals surface area contributed by atoms with Crippen molar-refractivity contribution in [1.82, 2.24) is 5.01 Å². The summed E-state index contributed by atoms with van der Waals surface area (Å²) in [7, 11) is 0. The number of hydrazine groups is 1. The molecular formula is C14H13Cl3N4O. The summed E-state index contributed by atoms with van der Waals surface area (Å²) in [4.78, 5) is 0. The molecule has 2 rings (SSSR count). The van der Waals surface area contributed by atoms with Crippen molar-refractivity contribution in [3.8, 4) is 5.75 Å². The van der Waals surface area contributed by atoms with Crippen LogP contribution in [0.5, 0.6) is 5.75 Å². The van der Waals surface area contributed by atoms with Crippen molar-refractivity contribution in [3.05, 3.63) is 62.6 Å². The first kappa shape index (κ1) is 16.7. The van der Waals surface area contributed by atoms with Crippen LogP contribution in [0.3, 0.4) is 0 Å². The molecule has 0 aromatic heterocycles. The van der Waals surface area contributed by atoms with Gasteiger partial charge in [0.05, 0.1) is 16.6 Å². The lowest BCUT2D eigenvalue weighted by Gasteiger charge is -2.21. The van der Waals surface area contributed by atoms with E-state index in [-0.39, 0.29) is 18.1 Å². The molecule has 0 fully saturated rings. The SMILES string of the molecule is N/N=C(/c1cccc(Cl)c1Cl)N(N)Cc1ccc(O)cc1Cl. The maximum atomic E-state index is 9.37. The van der Waals surface area contributed by atoms with Crippen LogP contribution in [0.15, 0.2) is 41.5 Å². The van der Waals surface area contributed by atoms with Gasteiger partial charge in [0.15, 0.2) is 5.84 Å². The standard InChI is InChI=1S/C14H13Cl3N4O/c15-11-3-1-2-10(13(11)17)14(20-18)21(19)7-8-4-5-9(22)6-12(8)16/h1-6,22H,7,18-19H2/b20-14-. The average molecular weight is 360 g/mol. The largest absolute Gasteiger partial charge is 0.508 e. The number of phenols is 1. The average Bonchev–Trinajstić information content (AvgIpc) is 2.47. The van der Waals surface area contributed by atoms with E-state index < -0.39 is 0 Å². The lowest BCUT2D eigenvalue weighted by atomic mass is 10.1. The van der Waals surface area contributed by atoms with E-state index in [1.54, 1.807) is 24.3 Å². The fourth-order valence-electron chi connectivity index (χ4n) is 1.90. The van der Waals surface area contributed by atoms with E-state index in [1.165, 1.54) is 17.1 Å². The molecule has 8 heteroatoms. The molecule has 0 spiro atoms. The van der Waals surface area contributed by atoms with Gasteiger partial charge in [0.1, 0.15) is 5.75 Å². The first-order chi connectivity index (χ1) is 10.4. The molecule has 0 bridgehead atoms. The zero-order valence-corrected chi connectivity index (χ0v) is 13.6. The Morgan fingerprint density at radius 2 is 1.86 bits per heavy atom. The fourth-order valence-corrected chi connectivity index (χ4v) is 2.52. The Labute approximate surface area is 142 Å². The van der Waals surface area contributed by atoms with Crippen LogP contribution in [0, 0.1) is 0 Å². The number of hydrogen-bond donors (Lipinski definition) is 3. The zero-order valence-electron chi connectivity index (χ0n) is 11.3. The molecule has 5 N–H and O–H groups in total.